The smallest absolute Gasteiger partial charge is 0.337 e. The first-order valence-corrected chi connectivity index (χ1v) is 6.76. The Morgan fingerprint density at radius 3 is 2.52 bits per heavy atom. The van der Waals surface area contributed by atoms with Crippen molar-refractivity contribution in [3.05, 3.63) is 59.4 Å². The predicted molar refractivity (Wildman–Crippen MR) is 80.6 cm³/mol. The molecule has 23 heavy (non-hydrogen) atoms. The Kier molecular flexibility index (Phi) is 2.59. The van der Waals surface area contributed by atoms with Gasteiger partial charge in [0.1, 0.15) is 0 Å². The maximum absolute atomic E-state index is 12.6. The first kappa shape index (κ1) is 13.2. The van der Waals surface area contributed by atoms with Crippen molar-refractivity contribution in [2.45, 2.75) is 0 Å². The summed E-state index contributed by atoms with van der Waals surface area (Å²) >= 11 is 0. The molecule has 1 aromatic heterocycles. The van der Waals surface area contributed by atoms with Crippen LogP contribution < -0.4 is 4.90 Å². The average molecular weight is 307 g/mol. The van der Waals surface area contributed by atoms with Crippen LogP contribution in [0.3, 0.4) is 0 Å². The van der Waals surface area contributed by atoms with Gasteiger partial charge in [0.05, 0.1) is 39.7 Å². The molecular formula is C16H9N3O4. The fourth-order valence-electron chi connectivity index (χ4n) is 2.74. The number of nitrogens with zero attached hydrogens (tertiary/aromatic N) is 2. The molecule has 0 atom stereocenters. The number of imide groups is 1. The number of fused-ring (bicyclic) bond motifs is 2. The van der Waals surface area contributed by atoms with Gasteiger partial charge in [-0.25, -0.2) is 14.7 Å². The van der Waals surface area contributed by atoms with E-state index in [0.29, 0.717) is 11.0 Å². The topological polar surface area (TPSA) is 103 Å². The first-order chi connectivity index (χ1) is 11.1. The monoisotopic (exact) mass is 307 g/mol. The molecular weight excluding hydrogens is 298 g/mol. The first-order valence-electron chi connectivity index (χ1n) is 6.76. The molecule has 0 bridgehead atoms. The SMILES string of the molecule is O=C(O)c1ccccc1N1C(=O)c2cc3nc[nH]c3cc2C1=O. The second-order valence-electron chi connectivity index (χ2n) is 5.09. The van der Waals surface area contributed by atoms with Crippen molar-refractivity contribution < 1.29 is 19.5 Å². The van der Waals surface area contributed by atoms with Gasteiger partial charge in [0.25, 0.3) is 11.8 Å². The third-order valence-corrected chi connectivity index (χ3v) is 3.80. The van der Waals surface area contributed by atoms with Crippen LogP contribution in [0.25, 0.3) is 11.0 Å². The summed E-state index contributed by atoms with van der Waals surface area (Å²) in [5.41, 5.74) is 1.60. The van der Waals surface area contributed by atoms with Crippen LogP contribution in [0.5, 0.6) is 0 Å². The van der Waals surface area contributed by atoms with Gasteiger partial charge in [-0.3, -0.25) is 9.59 Å². The van der Waals surface area contributed by atoms with Crippen LogP contribution in [0.15, 0.2) is 42.7 Å². The Balaban J connectivity index is 1.91. The Bertz CT molecular complexity index is 955. The molecule has 2 aromatic carbocycles. The van der Waals surface area contributed by atoms with Crippen molar-refractivity contribution >= 4 is 34.5 Å². The molecule has 0 spiro atoms. The number of imidazole rings is 1. The van der Waals surface area contributed by atoms with Crippen molar-refractivity contribution in [2.75, 3.05) is 4.90 Å². The van der Waals surface area contributed by atoms with E-state index >= 15 is 0 Å². The van der Waals surface area contributed by atoms with Gasteiger partial charge in [-0.2, -0.15) is 0 Å². The summed E-state index contributed by atoms with van der Waals surface area (Å²) in [5, 5.41) is 9.27. The highest BCUT2D eigenvalue weighted by Gasteiger charge is 2.38. The van der Waals surface area contributed by atoms with Crippen molar-refractivity contribution in [1.82, 2.24) is 9.97 Å². The number of aromatic carboxylic acids is 1. The fraction of sp³-hybridized carbons (Fsp3) is 0. The molecule has 0 radical (unpaired) electrons. The highest BCUT2D eigenvalue weighted by Crippen LogP contribution is 2.32. The second-order valence-corrected chi connectivity index (χ2v) is 5.09. The number of hydrogen-bond acceptors (Lipinski definition) is 4. The van der Waals surface area contributed by atoms with Gasteiger partial charge in [0.15, 0.2) is 0 Å². The van der Waals surface area contributed by atoms with Gasteiger partial charge in [-0.1, -0.05) is 12.1 Å². The standard InChI is InChI=1S/C16H9N3O4/c20-14-9-5-11-12(18-7-17-11)6-10(9)15(21)19(14)13-4-2-1-3-8(13)16(22)23/h1-7H,(H,17,18)(H,22,23). The highest BCUT2D eigenvalue weighted by atomic mass is 16.4. The van der Waals surface area contributed by atoms with E-state index in [2.05, 4.69) is 9.97 Å². The quantitative estimate of drug-likeness (QED) is 0.705. The van der Waals surface area contributed by atoms with E-state index in [1.54, 1.807) is 12.1 Å². The summed E-state index contributed by atoms with van der Waals surface area (Å²) in [5.74, 6) is -2.30. The third-order valence-electron chi connectivity index (χ3n) is 3.80. The second kappa shape index (κ2) is 4.51. The van der Waals surface area contributed by atoms with E-state index < -0.39 is 17.8 Å². The number of carboxylic acids is 1. The molecule has 0 aliphatic carbocycles. The van der Waals surface area contributed by atoms with E-state index in [0.717, 1.165) is 4.90 Å². The Morgan fingerprint density at radius 1 is 1.09 bits per heavy atom. The largest absolute Gasteiger partial charge is 0.478 e. The molecule has 1 aliphatic rings. The summed E-state index contributed by atoms with van der Waals surface area (Å²) in [6.07, 6.45) is 1.48. The fourth-order valence-corrected chi connectivity index (χ4v) is 2.74. The number of nitrogens with one attached hydrogen (secondary N) is 1. The molecule has 4 rings (SSSR count). The molecule has 2 N–H and O–H groups in total. The zero-order valence-corrected chi connectivity index (χ0v) is 11.6. The van der Waals surface area contributed by atoms with E-state index in [4.69, 9.17) is 0 Å². The molecule has 1 aliphatic heterocycles. The van der Waals surface area contributed by atoms with Gasteiger partial charge in [-0.15, -0.1) is 0 Å². The van der Waals surface area contributed by atoms with Crippen LogP contribution in [0.1, 0.15) is 31.1 Å². The molecule has 7 heteroatoms. The number of anilines is 1. The molecule has 0 unspecified atom stereocenters. The Labute approximate surface area is 129 Å². The van der Waals surface area contributed by atoms with E-state index in [-0.39, 0.29) is 22.4 Å². The van der Waals surface area contributed by atoms with Crippen LogP contribution in [0, 0.1) is 0 Å². The average Bonchev–Trinajstić information content (AvgIpc) is 3.09. The number of carbonyl (C=O) groups excluding carboxylic acids is 2. The number of carbonyl (C=O) groups is 3. The lowest BCUT2D eigenvalue weighted by atomic mass is 10.1. The van der Waals surface area contributed by atoms with Crippen LogP contribution in [-0.2, 0) is 0 Å². The summed E-state index contributed by atoms with van der Waals surface area (Å²) in [4.78, 5) is 44.4. The van der Waals surface area contributed by atoms with Crippen molar-refractivity contribution in [3.8, 4) is 0 Å². The highest BCUT2D eigenvalue weighted by molar-refractivity contribution is 6.36. The third kappa shape index (κ3) is 1.76. The Hall–Kier alpha value is -3.48. The maximum Gasteiger partial charge on any atom is 0.337 e. The molecule has 0 fully saturated rings. The number of para-hydroxylation sites is 1. The summed E-state index contributed by atoms with van der Waals surface area (Å²) in [6, 6.07) is 9.00. The number of rotatable bonds is 2. The minimum Gasteiger partial charge on any atom is -0.478 e. The van der Waals surface area contributed by atoms with Gasteiger partial charge >= 0.3 is 5.97 Å². The van der Waals surface area contributed by atoms with Crippen molar-refractivity contribution in [3.63, 3.8) is 0 Å². The van der Waals surface area contributed by atoms with Gasteiger partial charge in [0.2, 0.25) is 0 Å². The molecule has 2 heterocycles. The zero-order chi connectivity index (χ0) is 16.1. The number of hydrogen-bond donors (Lipinski definition) is 2. The summed E-state index contributed by atoms with van der Waals surface area (Å²) < 4.78 is 0. The molecule has 7 nitrogen and oxygen atoms in total. The minimum absolute atomic E-state index is 0.0582. The van der Waals surface area contributed by atoms with E-state index in [9.17, 15) is 19.5 Å². The summed E-state index contributed by atoms with van der Waals surface area (Å²) in [6.45, 7) is 0. The lowest BCUT2D eigenvalue weighted by Crippen LogP contribution is -2.30. The minimum atomic E-state index is -1.20. The zero-order valence-electron chi connectivity index (χ0n) is 11.6. The van der Waals surface area contributed by atoms with Gasteiger partial charge in [-0.05, 0) is 24.3 Å². The number of aromatic nitrogens is 2. The molecule has 112 valence electrons. The Morgan fingerprint density at radius 2 is 1.78 bits per heavy atom. The van der Waals surface area contributed by atoms with Gasteiger partial charge in [0, 0.05) is 0 Å². The predicted octanol–water partition coefficient (Wildman–Crippen LogP) is 2.06. The van der Waals surface area contributed by atoms with Gasteiger partial charge < -0.3 is 10.1 Å². The maximum atomic E-state index is 12.6. The van der Waals surface area contributed by atoms with E-state index in [1.807, 2.05) is 0 Å². The van der Waals surface area contributed by atoms with Crippen LogP contribution >= 0.6 is 0 Å². The molecule has 2 amide bonds. The lowest BCUT2D eigenvalue weighted by Gasteiger charge is -2.16. The molecule has 3 aromatic rings. The number of H-pyrrole nitrogens is 1. The lowest BCUT2D eigenvalue weighted by molar-refractivity contribution is 0.0698. The molecule has 0 saturated heterocycles. The van der Waals surface area contributed by atoms with Crippen LogP contribution in [0.4, 0.5) is 5.69 Å². The number of amides is 2. The van der Waals surface area contributed by atoms with Crippen LogP contribution in [0.2, 0.25) is 0 Å². The van der Waals surface area contributed by atoms with Crippen molar-refractivity contribution in [1.29, 1.82) is 0 Å². The van der Waals surface area contributed by atoms with E-state index in [1.165, 1.54) is 30.6 Å². The summed E-state index contributed by atoms with van der Waals surface area (Å²) in [7, 11) is 0. The van der Waals surface area contributed by atoms with Crippen LogP contribution in [-0.4, -0.2) is 32.9 Å². The number of benzene rings is 2. The number of aromatic amines is 1. The normalized spacial score (nSPS) is 13.7. The molecule has 0 saturated carbocycles. The van der Waals surface area contributed by atoms with Crippen molar-refractivity contribution in [2.24, 2.45) is 0 Å². The number of carboxylic acid groups (broad SMARTS) is 1.